The first-order valence-electron chi connectivity index (χ1n) is 13.5. The molecule has 226 valence electrons. The molecular formula is C27H31BrF3N7O4. The van der Waals surface area contributed by atoms with E-state index in [-0.39, 0.29) is 17.8 Å². The normalized spacial score (nSPS) is 18.4. The molecule has 1 aromatic carbocycles. The number of hydrogen-bond acceptors (Lipinski definition) is 9. The van der Waals surface area contributed by atoms with E-state index in [1.165, 1.54) is 37.7 Å². The van der Waals surface area contributed by atoms with Crippen LogP contribution in [0.15, 0.2) is 34.9 Å². The molecule has 0 spiro atoms. The number of amides is 1. The molecule has 1 aromatic heterocycles. The molecule has 0 unspecified atom stereocenters. The third kappa shape index (κ3) is 8.37. The number of aliphatic carboxylic acids is 1. The maximum absolute atomic E-state index is 13.2. The van der Waals surface area contributed by atoms with E-state index in [0.29, 0.717) is 35.1 Å². The Labute approximate surface area is 249 Å². The molecular weight excluding hydrogens is 623 g/mol. The van der Waals surface area contributed by atoms with Gasteiger partial charge in [-0.25, -0.2) is 9.78 Å². The number of carbonyl (C=O) groups excluding carboxylic acids is 1. The number of nitrogens with one attached hydrogen (secondary N) is 1. The van der Waals surface area contributed by atoms with E-state index in [1.807, 2.05) is 30.3 Å². The number of anilines is 1. The summed E-state index contributed by atoms with van der Waals surface area (Å²) in [4.78, 5) is 35.5. The fourth-order valence-electron chi connectivity index (χ4n) is 5.04. The van der Waals surface area contributed by atoms with Gasteiger partial charge in [0.2, 0.25) is 5.82 Å². The molecule has 2 aromatic rings. The number of nitriles is 1. The van der Waals surface area contributed by atoms with Gasteiger partial charge in [0.05, 0.1) is 10.5 Å². The number of likely N-dealkylation sites (tertiary alicyclic amines) is 2. The van der Waals surface area contributed by atoms with Crippen LogP contribution in [0.3, 0.4) is 0 Å². The monoisotopic (exact) mass is 653 g/mol. The lowest BCUT2D eigenvalue weighted by Crippen LogP contribution is -2.58. The van der Waals surface area contributed by atoms with Gasteiger partial charge in [-0.1, -0.05) is 12.1 Å². The van der Waals surface area contributed by atoms with Gasteiger partial charge < -0.3 is 9.84 Å². The number of nitrogens with zero attached hydrogens (tertiary/aromatic N) is 6. The largest absolute Gasteiger partial charge is 0.490 e. The summed E-state index contributed by atoms with van der Waals surface area (Å²) >= 11 is 3.48. The number of carboxylic acids is 1. The number of hydrazine groups is 1. The van der Waals surface area contributed by atoms with Crippen molar-refractivity contribution in [1.82, 2.24) is 25.2 Å². The predicted molar refractivity (Wildman–Crippen MR) is 148 cm³/mol. The van der Waals surface area contributed by atoms with E-state index in [2.05, 4.69) is 41.1 Å². The Morgan fingerprint density at radius 3 is 2.36 bits per heavy atom. The molecule has 5 rings (SSSR count). The highest BCUT2D eigenvalue weighted by Crippen LogP contribution is 2.27. The Morgan fingerprint density at radius 1 is 1.17 bits per heavy atom. The lowest BCUT2D eigenvalue weighted by molar-refractivity contribution is -0.192. The van der Waals surface area contributed by atoms with E-state index >= 15 is 0 Å². The number of carbonyl (C=O) groups is 2. The molecule has 42 heavy (non-hydrogen) atoms. The second-order valence-electron chi connectivity index (χ2n) is 10.2. The van der Waals surface area contributed by atoms with Crippen LogP contribution in [0.1, 0.15) is 47.4 Å². The lowest BCUT2D eigenvalue weighted by Gasteiger charge is -2.44. The van der Waals surface area contributed by atoms with Gasteiger partial charge in [0, 0.05) is 50.7 Å². The Balaban J connectivity index is 0.000000517. The fraction of sp³-hybridized carbons (Fsp3) is 0.519. The van der Waals surface area contributed by atoms with Crippen molar-refractivity contribution in [1.29, 1.82) is 5.26 Å². The van der Waals surface area contributed by atoms with Crippen LogP contribution in [0.25, 0.3) is 0 Å². The lowest BCUT2D eigenvalue weighted by atomic mass is 10.0. The first kappa shape index (κ1) is 31.6. The van der Waals surface area contributed by atoms with Gasteiger partial charge in [-0.3, -0.25) is 25.0 Å². The van der Waals surface area contributed by atoms with Crippen molar-refractivity contribution in [3.8, 4) is 6.07 Å². The first-order chi connectivity index (χ1) is 20.0. The quantitative estimate of drug-likeness (QED) is 0.428. The molecule has 2 N–H and O–H groups in total. The van der Waals surface area contributed by atoms with Crippen LogP contribution >= 0.6 is 15.9 Å². The summed E-state index contributed by atoms with van der Waals surface area (Å²) < 4.78 is 37.8. The second kappa shape index (κ2) is 14.2. The number of carboxylic acid groups (broad SMARTS) is 1. The summed E-state index contributed by atoms with van der Waals surface area (Å²) in [7, 11) is 0. The highest BCUT2D eigenvalue weighted by molar-refractivity contribution is 9.10. The smallest absolute Gasteiger partial charge is 0.475 e. The van der Waals surface area contributed by atoms with Crippen LogP contribution in [0, 0.1) is 11.3 Å². The van der Waals surface area contributed by atoms with Crippen LogP contribution in [-0.2, 0) is 16.1 Å². The molecule has 1 amide bonds. The minimum absolute atomic E-state index is 0.000291. The molecule has 0 bridgehead atoms. The van der Waals surface area contributed by atoms with Gasteiger partial charge in [-0.2, -0.15) is 23.4 Å². The summed E-state index contributed by atoms with van der Waals surface area (Å²) in [6.07, 6.45) is 0.606. The van der Waals surface area contributed by atoms with Gasteiger partial charge in [0.25, 0.3) is 5.91 Å². The molecule has 11 nitrogen and oxygen atoms in total. The van der Waals surface area contributed by atoms with Crippen molar-refractivity contribution in [2.45, 2.75) is 50.5 Å². The van der Waals surface area contributed by atoms with E-state index in [0.717, 1.165) is 32.5 Å². The molecule has 0 saturated carbocycles. The molecule has 3 aliphatic heterocycles. The molecule has 15 heteroatoms. The van der Waals surface area contributed by atoms with E-state index in [4.69, 9.17) is 14.6 Å². The Hall–Kier alpha value is -3.32. The van der Waals surface area contributed by atoms with E-state index in [9.17, 15) is 23.2 Å². The van der Waals surface area contributed by atoms with Gasteiger partial charge in [0.15, 0.2) is 5.82 Å². The van der Waals surface area contributed by atoms with Gasteiger partial charge in [-0.05, 0) is 72.4 Å². The number of benzene rings is 1. The van der Waals surface area contributed by atoms with Crippen LogP contribution in [-0.4, -0.2) is 94.4 Å². The van der Waals surface area contributed by atoms with Crippen LogP contribution in [0.4, 0.5) is 19.0 Å². The van der Waals surface area contributed by atoms with E-state index < -0.39 is 12.1 Å². The number of hydrogen-bond donors (Lipinski definition) is 2. The van der Waals surface area contributed by atoms with Crippen molar-refractivity contribution in [2.24, 2.45) is 0 Å². The Bertz CT molecular complexity index is 1270. The predicted octanol–water partition coefficient (Wildman–Crippen LogP) is 3.35. The van der Waals surface area contributed by atoms with Crippen molar-refractivity contribution < 1.29 is 32.6 Å². The fourth-order valence-corrected chi connectivity index (χ4v) is 5.43. The molecule has 0 aliphatic carbocycles. The zero-order chi connectivity index (χ0) is 30.3. The van der Waals surface area contributed by atoms with Crippen molar-refractivity contribution in [2.75, 3.05) is 44.4 Å². The van der Waals surface area contributed by atoms with Crippen molar-refractivity contribution in [3.05, 3.63) is 51.9 Å². The minimum atomic E-state index is -5.08. The molecule has 3 aliphatic rings. The third-order valence-corrected chi connectivity index (χ3v) is 7.85. The standard InChI is InChI=1S/C25H30BrN7O2.C2HF3O2/c26-22-14-28-23(13-27)29-24(22)33(20-7-11-35-12-8-20)30-25(34)19-5-3-18(4-6-19)15-31-16-21(17-31)32-9-1-2-10-32;3-2(4,5)1(6)7/h3-6,14,20-21H,1-2,7-12,15-17H2,(H,30,34);(H,6,7). The van der Waals surface area contributed by atoms with Gasteiger partial charge in [-0.15, -0.1) is 0 Å². The Morgan fingerprint density at radius 2 is 1.79 bits per heavy atom. The van der Waals surface area contributed by atoms with Crippen molar-refractivity contribution >= 4 is 33.6 Å². The summed E-state index contributed by atoms with van der Waals surface area (Å²) in [6.45, 7) is 6.86. The highest BCUT2D eigenvalue weighted by atomic mass is 79.9. The maximum atomic E-state index is 13.2. The number of rotatable bonds is 7. The number of alkyl halides is 3. The minimum Gasteiger partial charge on any atom is -0.475 e. The SMILES string of the molecule is N#Cc1ncc(Br)c(N(NC(=O)c2ccc(CN3CC(N4CCCC4)C3)cc2)C2CCOCC2)n1.O=C(O)C(F)(F)F. The number of ether oxygens (including phenoxy) is 1. The van der Waals surface area contributed by atoms with Gasteiger partial charge in [0.1, 0.15) is 6.07 Å². The summed E-state index contributed by atoms with van der Waals surface area (Å²) in [5, 5.41) is 18.1. The molecule has 3 saturated heterocycles. The van der Waals surface area contributed by atoms with E-state index in [1.54, 1.807) is 5.01 Å². The number of aromatic nitrogens is 2. The summed E-state index contributed by atoms with van der Waals surface area (Å²) in [5.41, 5.74) is 4.81. The molecule has 0 atom stereocenters. The Kier molecular flexibility index (Phi) is 10.7. The molecule has 4 heterocycles. The van der Waals surface area contributed by atoms with Crippen LogP contribution < -0.4 is 10.4 Å². The topological polar surface area (TPSA) is 135 Å². The molecule has 3 fully saturated rings. The van der Waals surface area contributed by atoms with Crippen molar-refractivity contribution in [3.63, 3.8) is 0 Å². The average molecular weight is 654 g/mol. The average Bonchev–Trinajstić information content (AvgIpc) is 3.49. The molecule has 0 radical (unpaired) electrons. The number of halogens is 4. The van der Waals surface area contributed by atoms with Gasteiger partial charge >= 0.3 is 12.1 Å². The summed E-state index contributed by atoms with van der Waals surface area (Å²) in [6, 6.07) is 10.5. The van der Waals surface area contributed by atoms with Crippen LogP contribution in [0.2, 0.25) is 0 Å². The summed E-state index contributed by atoms with van der Waals surface area (Å²) in [5.74, 6) is -2.45. The third-order valence-electron chi connectivity index (χ3n) is 7.29. The van der Waals surface area contributed by atoms with Crippen LogP contribution in [0.5, 0.6) is 0 Å². The second-order valence-corrected chi connectivity index (χ2v) is 11.1. The highest BCUT2D eigenvalue weighted by Gasteiger charge is 2.38. The zero-order valence-electron chi connectivity index (χ0n) is 22.7. The first-order valence-corrected chi connectivity index (χ1v) is 14.3. The maximum Gasteiger partial charge on any atom is 0.490 e. The zero-order valence-corrected chi connectivity index (χ0v) is 24.3.